The number of benzene rings is 2. The summed E-state index contributed by atoms with van der Waals surface area (Å²) in [5.41, 5.74) is 2.32. The fourth-order valence-electron chi connectivity index (χ4n) is 5.45. The van der Waals surface area contributed by atoms with Gasteiger partial charge >= 0.3 is 6.18 Å². The van der Waals surface area contributed by atoms with E-state index in [4.69, 9.17) is 0 Å². The topological polar surface area (TPSA) is 78.2 Å². The number of piperazine rings is 1. The van der Waals surface area contributed by atoms with E-state index in [1.807, 2.05) is 29.2 Å². The smallest absolute Gasteiger partial charge is 0.372 e. The van der Waals surface area contributed by atoms with E-state index >= 15 is 0 Å². The molecule has 2 aromatic heterocycles. The molecule has 220 valence electrons. The van der Waals surface area contributed by atoms with Gasteiger partial charge in [-0.25, -0.2) is 14.6 Å². The van der Waals surface area contributed by atoms with Crippen LogP contribution in [0.15, 0.2) is 61.1 Å². The Bertz CT molecular complexity index is 1490. The van der Waals surface area contributed by atoms with Crippen LogP contribution >= 0.6 is 0 Å². The maximum atomic E-state index is 13.8. The summed E-state index contributed by atoms with van der Waals surface area (Å²) >= 11 is 0. The van der Waals surface area contributed by atoms with E-state index in [2.05, 4.69) is 42.1 Å². The molecule has 9 nitrogen and oxygen atoms in total. The molecule has 6 rings (SSSR count). The summed E-state index contributed by atoms with van der Waals surface area (Å²) in [7, 11) is 0. The maximum absolute atomic E-state index is 13.8. The Balaban J connectivity index is 1.17. The van der Waals surface area contributed by atoms with Crippen molar-refractivity contribution in [3.8, 4) is 16.9 Å². The molecule has 42 heavy (non-hydrogen) atoms. The maximum Gasteiger partial charge on any atom is 0.416 e. The minimum Gasteiger partial charge on any atom is -0.372 e. The van der Waals surface area contributed by atoms with Crippen molar-refractivity contribution in [1.29, 1.82) is 0 Å². The Hall–Kier alpha value is -4.19. The molecular formula is C30H34F3N9. The van der Waals surface area contributed by atoms with Crippen molar-refractivity contribution in [2.75, 3.05) is 60.9 Å². The first kappa shape index (κ1) is 28.0. The zero-order valence-corrected chi connectivity index (χ0v) is 23.6. The van der Waals surface area contributed by atoms with Gasteiger partial charge in [-0.2, -0.15) is 18.2 Å². The van der Waals surface area contributed by atoms with Gasteiger partial charge in [-0.05, 0) is 74.3 Å². The van der Waals surface area contributed by atoms with Crippen LogP contribution in [-0.4, -0.2) is 75.4 Å². The largest absolute Gasteiger partial charge is 0.416 e. The Morgan fingerprint density at radius 3 is 2.29 bits per heavy atom. The second kappa shape index (κ2) is 12.0. The molecule has 12 heteroatoms. The predicted octanol–water partition coefficient (Wildman–Crippen LogP) is 5.62. The molecule has 1 N–H and O–H groups in total. The monoisotopic (exact) mass is 577 g/mol. The summed E-state index contributed by atoms with van der Waals surface area (Å²) in [6, 6.07) is 13.4. The summed E-state index contributed by atoms with van der Waals surface area (Å²) in [6.07, 6.45) is 1.85. The molecule has 0 atom stereocenters. The number of piperidine rings is 1. The SMILES string of the molecule is CCN1CCN(c2ncn(-c3ccc(Nc4nccc(-c5cc(N6CCCCC6)cc(C(F)(F)F)c5)n4)cc3)n2)CC1. The van der Waals surface area contributed by atoms with E-state index in [0.29, 0.717) is 22.9 Å². The van der Waals surface area contributed by atoms with Crippen molar-refractivity contribution >= 4 is 23.3 Å². The predicted molar refractivity (Wildman–Crippen MR) is 158 cm³/mol. The third-order valence-electron chi connectivity index (χ3n) is 7.89. The van der Waals surface area contributed by atoms with Gasteiger partial charge in [0.25, 0.3) is 0 Å². The lowest BCUT2D eigenvalue weighted by Crippen LogP contribution is -2.46. The van der Waals surface area contributed by atoms with Crippen molar-refractivity contribution in [3.05, 3.63) is 66.6 Å². The third kappa shape index (κ3) is 6.33. The van der Waals surface area contributed by atoms with Crippen LogP contribution in [0.3, 0.4) is 0 Å². The normalized spacial score (nSPS) is 16.6. The summed E-state index contributed by atoms with van der Waals surface area (Å²) in [5, 5.41) is 7.83. The summed E-state index contributed by atoms with van der Waals surface area (Å²) in [4.78, 5) is 20.0. The number of rotatable bonds is 7. The first-order valence-corrected chi connectivity index (χ1v) is 14.4. The van der Waals surface area contributed by atoms with E-state index in [1.54, 1.807) is 29.3 Å². The number of likely N-dealkylation sites (N-methyl/N-ethyl adjacent to an activating group) is 1. The van der Waals surface area contributed by atoms with Gasteiger partial charge in [0.15, 0.2) is 0 Å². The van der Waals surface area contributed by atoms with Crippen LogP contribution < -0.4 is 15.1 Å². The highest BCUT2D eigenvalue weighted by Crippen LogP contribution is 2.36. The van der Waals surface area contributed by atoms with Crippen molar-refractivity contribution in [3.63, 3.8) is 0 Å². The van der Waals surface area contributed by atoms with Crippen molar-refractivity contribution in [1.82, 2.24) is 29.6 Å². The molecule has 0 bridgehead atoms. The molecule has 2 fully saturated rings. The quantitative estimate of drug-likeness (QED) is 0.303. The van der Waals surface area contributed by atoms with E-state index < -0.39 is 11.7 Å². The van der Waals surface area contributed by atoms with E-state index in [-0.39, 0.29) is 0 Å². The molecule has 0 radical (unpaired) electrons. The zero-order valence-electron chi connectivity index (χ0n) is 23.6. The van der Waals surface area contributed by atoms with Gasteiger partial charge in [0.05, 0.1) is 16.9 Å². The molecule has 0 saturated carbocycles. The Labute approximate surface area is 243 Å². The molecule has 2 aliphatic heterocycles. The minimum absolute atomic E-state index is 0.298. The average molecular weight is 578 g/mol. The van der Waals surface area contributed by atoms with Crippen molar-refractivity contribution in [2.45, 2.75) is 32.4 Å². The highest BCUT2D eigenvalue weighted by Gasteiger charge is 2.32. The number of anilines is 4. The molecule has 0 aliphatic carbocycles. The third-order valence-corrected chi connectivity index (χ3v) is 7.89. The number of hydrogen-bond acceptors (Lipinski definition) is 8. The Morgan fingerprint density at radius 2 is 1.57 bits per heavy atom. The minimum atomic E-state index is -4.45. The molecule has 4 aromatic rings. The lowest BCUT2D eigenvalue weighted by atomic mass is 10.0. The molecule has 4 heterocycles. The summed E-state index contributed by atoms with van der Waals surface area (Å²) in [5.74, 6) is 1.02. The van der Waals surface area contributed by atoms with Crippen LogP contribution in [0.5, 0.6) is 0 Å². The standard InChI is InChI=1S/C30H34F3N9/c1-2-39-14-16-41(17-15-39)29-35-21-42(38-29)25-8-6-24(7-9-25)36-28-34-11-10-27(37-28)22-18-23(30(31,32)33)20-26(19-22)40-12-4-3-5-13-40/h6-11,18-21H,2-5,12-17H2,1H3,(H,34,36,37). The van der Waals surface area contributed by atoms with Crippen LogP contribution in [0.2, 0.25) is 0 Å². The fourth-order valence-corrected chi connectivity index (χ4v) is 5.45. The van der Waals surface area contributed by atoms with Gasteiger partial charge in [0.2, 0.25) is 11.9 Å². The van der Waals surface area contributed by atoms with Gasteiger partial charge in [-0.1, -0.05) is 6.92 Å². The number of nitrogens with zero attached hydrogens (tertiary/aromatic N) is 8. The molecule has 2 aromatic carbocycles. The molecule has 2 saturated heterocycles. The first-order valence-electron chi connectivity index (χ1n) is 14.4. The second-order valence-corrected chi connectivity index (χ2v) is 10.7. The van der Waals surface area contributed by atoms with Gasteiger partial charge < -0.3 is 20.0 Å². The van der Waals surface area contributed by atoms with Crippen LogP contribution in [0, 0.1) is 0 Å². The number of alkyl halides is 3. The number of nitrogens with one attached hydrogen (secondary N) is 1. The number of hydrogen-bond donors (Lipinski definition) is 1. The lowest BCUT2D eigenvalue weighted by Gasteiger charge is -2.33. The molecule has 0 spiro atoms. The first-order chi connectivity index (χ1) is 20.4. The van der Waals surface area contributed by atoms with Crippen molar-refractivity contribution in [2.24, 2.45) is 0 Å². The second-order valence-electron chi connectivity index (χ2n) is 10.7. The van der Waals surface area contributed by atoms with Crippen LogP contribution in [0.1, 0.15) is 31.7 Å². The van der Waals surface area contributed by atoms with Gasteiger partial charge in [0.1, 0.15) is 6.33 Å². The van der Waals surface area contributed by atoms with Crippen LogP contribution in [0.25, 0.3) is 16.9 Å². The zero-order chi connectivity index (χ0) is 29.1. The molecule has 0 amide bonds. The molecule has 0 unspecified atom stereocenters. The lowest BCUT2D eigenvalue weighted by molar-refractivity contribution is -0.137. The fraction of sp³-hybridized carbons (Fsp3) is 0.400. The van der Waals surface area contributed by atoms with Crippen LogP contribution in [0.4, 0.5) is 36.4 Å². The van der Waals surface area contributed by atoms with Crippen molar-refractivity contribution < 1.29 is 13.2 Å². The summed E-state index contributed by atoms with van der Waals surface area (Å²) in [6.45, 7) is 8.53. The van der Waals surface area contributed by atoms with Gasteiger partial charge in [-0.3, -0.25) is 0 Å². The average Bonchev–Trinajstić information content (AvgIpc) is 3.52. The molecular weight excluding hydrogens is 543 g/mol. The van der Waals surface area contributed by atoms with E-state index in [9.17, 15) is 13.2 Å². The summed E-state index contributed by atoms with van der Waals surface area (Å²) < 4.78 is 43.1. The number of halogens is 3. The Morgan fingerprint density at radius 1 is 0.810 bits per heavy atom. The Kier molecular flexibility index (Phi) is 7.96. The highest BCUT2D eigenvalue weighted by atomic mass is 19.4. The highest BCUT2D eigenvalue weighted by molar-refractivity contribution is 5.69. The van der Waals surface area contributed by atoms with Crippen LogP contribution in [-0.2, 0) is 6.18 Å². The number of aromatic nitrogens is 5. The van der Waals surface area contributed by atoms with E-state index in [0.717, 1.165) is 88.5 Å². The molecule has 2 aliphatic rings. The van der Waals surface area contributed by atoms with E-state index in [1.165, 1.54) is 6.07 Å². The van der Waals surface area contributed by atoms with Gasteiger partial charge in [-0.15, -0.1) is 5.10 Å². The van der Waals surface area contributed by atoms with Gasteiger partial charge in [0, 0.05) is 62.4 Å².